The first-order valence-electron chi connectivity index (χ1n) is 4.53. The van der Waals surface area contributed by atoms with Crippen molar-refractivity contribution >= 4 is 5.78 Å². The lowest BCUT2D eigenvalue weighted by Crippen LogP contribution is -2.30. The number of rotatable bonds is 2. The van der Waals surface area contributed by atoms with E-state index in [0.29, 0.717) is 5.56 Å². The van der Waals surface area contributed by atoms with Gasteiger partial charge in [-0.05, 0) is 19.4 Å². The number of nitrogens with one attached hydrogen (secondary N) is 1. The molecule has 0 radical (unpaired) electrons. The van der Waals surface area contributed by atoms with E-state index in [9.17, 15) is 4.79 Å². The van der Waals surface area contributed by atoms with Crippen molar-refractivity contribution in [2.45, 2.75) is 18.9 Å². The third-order valence-corrected chi connectivity index (χ3v) is 2.37. The number of hydrogen-bond acceptors (Lipinski definition) is 3. The SMILES string of the molecule is Cn1cc(C(=O)C2CCCN2)cn1. The third kappa shape index (κ3) is 1.62. The predicted molar refractivity (Wildman–Crippen MR) is 48.6 cm³/mol. The number of hydrogen-bond donors (Lipinski definition) is 1. The molecule has 1 fully saturated rings. The molecule has 2 heterocycles. The Morgan fingerprint density at radius 3 is 3.15 bits per heavy atom. The summed E-state index contributed by atoms with van der Waals surface area (Å²) in [6, 6.07) is 0.0178. The number of carbonyl (C=O) groups excluding carboxylic acids is 1. The van der Waals surface area contributed by atoms with E-state index in [4.69, 9.17) is 0 Å². The minimum atomic E-state index is 0.0178. The first kappa shape index (κ1) is 8.44. The largest absolute Gasteiger partial charge is 0.307 e. The van der Waals surface area contributed by atoms with E-state index >= 15 is 0 Å². The van der Waals surface area contributed by atoms with Gasteiger partial charge in [0.1, 0.15) is 0 Å². The van der Waals surface area contributed by atoms with Gasteiger partial charge in [-0.2, -0.15) is 5.10 Å². The molecule has 1 aliphatic rings. The van der Waals surface area contributed by atoms with Crippen LogP contribution >= 0.6 is 0 Å². The molecule has 1 N–H and O–H groups in total. The van der Waals surface area contributed by atoms with E-state index in [-0.39, 0.29) is 11.8 Å². The molecule has 1 aromatic rings. The zero-order chi connectivity index (χ0) is 9.26. The summed E-state index contributed by atoms with van der Waals surface area (Å²) in [4.78, 5) is 11.7. The van der Waals surface area contributed by atoms with Gasteiger partial charge in [-0.25, -0.2) is 0 Å². The van der Waals surface area contributed by atoms with Crippen LogP contribution in [0.2, 0.25) is 0 Å². The molecule has 70 valence electrons. The highest BCUT2D eigenvalue weighted by atomic mass is 16.1. The predicted octanol–water partition coefficient (Wildman–Crippen LogP) is 0.355. The van der Waals surface area contributed by atoms with Crippen molar-refractivity contribution in [3.05, 3.63) is 18.0 Å². The van der Waals surface area contributed by atoms with E-state index < -0.39 is 0 Å². The quantitative estimate of drug-likeness (QED) is 0.666. The molecule has 0 aromatic carbocycles. The molecule has 1 atom stereocenters. The number of carbonyl (C=O) groups is 1. The molecule has 1 aromatic heterocycles. The summed E-state index contributed by atoms with van der Waals surface area (Å²) in [5, 5.41) is 7.15. The van der Waals surface area contributed by atoms with Gasteiger partial charge >= 0.3 is 0 Å². The van der Waals surface area contributed by atoms with E-state index in [1.165, 1.54) is 0 Å². The second-order valence-corrected chi connectivity index (χ2v) is 3.42. The van der Waals surface area contributed by atoms with Crippen LogP contribution < -0.4 is 5.32 Å². The van der Waals surface area contributed by atoms with Gasteiger partial charge in [-0.1, -0.05) is 0 Å². The fraction of sp³-hybridized carbons (Fsp3) is 0.556. The lowest BCUT2D eigenvalue weighted by atomic mass is 10.1. The molecule has 1 saturated heterocycles. The molecule has 1 unspecified atom stereocenters. The van der Waals surface area contributed by atoms with Crippen molar-refractivity contribution in [3.63, 3.8) is 0 Å². The van der Waals surface area contributed by atoms with Crippen LogP contribution in [0.15, 0.2) is 12.4 Å². The number of aromatic nitrogens is 2. The monoisotopic (exact) mass is 179 g/mol. The third-order valence-electron chi connectivity index (χ3n) is 2.37. The average Bonchev–Trinajstić information content (AvgIpc) is 2.72. The van der Waals surface area contributed by atoms with Crippen LogP contribution in [0, 0.1) is 0 Å². The molecule has 0 spiro atoms. The molecule has 0 bridgehead atoms. The fourth-order valence-electron chi connectivity index (χ4n) is 1.66. The lowest BCUT2D eigenvalue weighted by Gasteiger charge is -2.05. The Balaban J connectivity index is 2.12. The molecule has 0 aliphatic carbocycles. The lowest BCUT2D eigenvalue weighted by molar-refractivity contribution is 0.0952. The molecule has 13 heavy (non-hydrogen) atoms. The van der Waals surface area contributed by atoms with Crippen molar-refractivity contribution < 1.29 is 4.79 Å². The Hall–Kier alpha value is -1.16. The van der Waals surface area contributed by atoms with E-state index in [1.807, 2.05) is 7.05 Å². The second kappa shape index (κ2) is 3.30. The summed E-state index contributed by atoms with van der Waals surface area (Å²) in [6.07, 6.45) is 5.44. The summed E-state index contributed by atoms with van der Waals surface area (Å²) in [7, 11) is 1.82. The van der Waals surface area contributed by atoms with Crippen LogP contribution in [-0.4, -0.2) is 28.2 Å². The van der Waals surface area contributed by atoms with E-state index in [1.54, 1.807) is 17.1 Å². The van der Waals surface area contributed by atoms with E-state index in [2.05, 4.69) is 10.4 Å². The first-order chi connectivity index (χ1) is 6.27. The smallest absolute Gasteiger partial charge is 0.182 e. The molecule has 1 aliphatic heterocycles. The molecular weight excluding hydrogens is 166 g/mol. The Morgan fingerprint density at radius 2 is 2.62 bits per heavy atom. The van der Waals surface area contributed by atoms with Gasteiger partial charge in [0, 0.05) is 13.2 Å². The number of aryl methyl sites for hydroxylation is 1. The fourth-order valence-corrected chi connectivity index (χ4v) is 1.66. The molecule has 4 nitrogen and oxygen atoms in total. The maximum atomic E-state index is 11.7. The molecule has 0 amide bonds. The standard InChI is InChI=1S/C9H13N3O/c1-12-6-7(5-11-12)9(13)8-3-2-4-10-8/h5-6,8,10H,2-4H2,1H3. The van der Waals surface area contributed by atoms with Crippen molar-refractivity contribution in [2.75, 3.05) is 6.54 Å². The summed E-state index contributed by atoms with van der Waals surface area (Å²) >= 11 is 0. The highest BCUT2D eigenvalue weighted by Gasteiger charge is 2.23. The van der Waals surface area contributed by atoms with Gasteiger partial charge in [0.25, 0.3) is 0 Å². The van der Waals surface area contributed by atoms with Crippen molar-refractivity contribution in [1.29, 1.82) is 0 Å². The summed E-state index contributed by atoms with van der Waals surface area (Å²) < 4.78 is 1.65. The Bertz CT molecular complexity index is 312. The average molecular weight is 179 g/mol. The number of ketones is 1. The van der Waals surface area contributed by atoms with Crippen LogP contribution in [-0.2, 0) is 7.05 Å². The van der Waals surface area contributed by atoms with Gasteiger partial charge in [-0.3, -0.25) is 9.48 Å². The topological polar surface area (TPSA) is 46.9 Å². The Kier molecular flexibility index (Phi) is 2.14. The molecular formula is C9H13N3O. The van der Waals surface area contributed by atoms with Crippen LogP contribution in [0.4, 0.5) is 0 Å². The highest BCUT2D eigenvalue weighted by molar-refractivity contribution is 5.99. The minimum Gasteiger partial charge on any atom is -0.307 e. The minimum absolute atomic E-state index is 0.0178. The maximum Gasteiger partial charge on any atom is 0.182 e. The highest BCUT2D eigenvalue weighted by Crippen LogP contribution is 2.11. The second-order valence-electron chi connectivity index (χ2n) is 3.42. The molecule has 2 rings (SSSR count). The summed E-state index contributed by atoms with van der Waals surface area (Å²) in [5.74, 6) is 0.172. The van der Waals surface area contributed by atoms with Crippen molar-refractivity contribution in [1.82, 2.24) is 15.1 Å². The number of Topliss-reactive ketones (excluding diaryl/α,β-unsaturated/α-hetero) is 1. The van der Waals surface area contributed by atoms with Gasteiger partial charge in [-0.15, -0.1) is 0 Å². The van der Waals surface area contributed by atoms with Crippen molar-refractivity contribution in [3.8, 4) is 0 Å². The zero-order valence-electron chi connectivity index (χ0n) is 7.66. The van der Waals surface area contributed by atoms with E-state index in [0.717, 1.165) is 19.4 Å². The van der Waals surface area contributed by atoms with Crippen LogP contribution in [0.5, 0.6) is 0 Å². The van der Waals surface area contributed by atoms with Gasteiger partial charge in [0.2, 0.25) is 0 Å². The Morgan fingerprint density at radius 1 is 1.77 bits per heavy atom. The van der Waals surface area contributed by atoms with Crippen molar-refractivity contribution in [2.24, 2.45) is 7.05 Å². The first-order valence-corrected chi connectivity index (χ1v) is 4.53. The summed E-state index contributed by atoms with van der Waals surface area (Å²) in [5.41, 5.74) is 0.710. The maximum absolute atomic E-state index is 11.7. The normalized spacial score (nSPS) is 22.1. The van der Waals surface area contributed by atoms with Gasteiger partial charge in [0.05, 0.1) is 17.8 Å². The Labute approximate surface area is 76.9 Å². The zero-order valence-corrected chi connectivity index (χ0v) is 7.66. The molecule has 4 heteroatoms. The van der Waals surface area contributed by atoms with Crippen LogP contribution in [0.25, 0.3) is 0 Å². The van der Waals surface area contributed by atoms with Crippen LogP contribution in [0.1, 0.15) is 23.2 Å². The van der Waals surface area contributed by atoms with Crippen LogP contribution in [0.3, 0.4) is 0 Å². The van der Waals surface area contributed by atoms with Gasteiger partial charge in [0.15, 0.2) is 5.78 Å². The molecule has 0 saturated carbocycles. The number of nitrogens with zero attached hydrogens (tertiary/aromatic N) is 2. The summed E-state index contributed by atoms with van der Waals surface area (Å²) in [6.45, 7) is 0.955. The van der Waals surface area contributed by atoms with Gasteiger partial charge < -0.3 is 5.32 Å².